The largest absolute Gasteiger partial charge is 0.377 e. The van der Waals surface area contributed by atoms with Gasteiger partial charge in [0, 0.05) is 26.7 Å². The summed E-state index contributed by atoms with van der Waals surface area (Å²) in [5, 5.41) is 6.56. The van der Waals surface area contributed by atoms with Crippen molar-refractivity contribution in [2.24, 2.45) is 4.99 Å². The normalized spacial score (nSPS) is 11.0. The number of hydrogen-bond donors (Lipinski definition) is 2. The van der Waals surface area contributed by atoms with Crippen molar-refractivity contribution >= 4 is 29.9 Å². The molecule has 2 N–H and O–H groups in total. The molecule has 0 saturated heterocycles. The molecular weight excluding hydrogens is 444 g/mol. The number of halogens is 2. The van der Waals surface area contributed by atoms with Crippen LogP contribution in [0.3, 0.4) is 0 Å². The second kappa shape index (κ2) is 12.6. The molecule has 4 nitrogen and oxygen atoms in total. The van der Waals surface area contributed by atoms with E-state index in [4.69, 9.17) is 4.74 Å². The summed E-state index contributed by atoms with van der Waals surface area (Å²) < 4.78 is 18.7. The number of ether oxygens (including phenoxy) is 1. The maximum Gasteiger partial charge on any atom is 0.191 e. The van der Waals surface area contributed by atoms with E-state index in [1.807, 2.05) is 25.1 Å². The molecule has 26 heavy (non-hydrogen) atoms. The van der Waals surface area contributed by atoms with E-state index in [-0.39, 0.29) is 29.8 Å². The van der Waals surface area contributed by atoms with E-state index in [1.165, 1.54) is 17.2 Å². The van der Waals surface area contributed by atoms with E-state index in [0.29, 0.717) is 26.3 Å². The molecule has 142 valence electrons. The Balaban J connectivity index is 0.00000338. The lowest BCUT2D eigenvalue weighted by Crippen LogP contribution is -2.38. The van der Waals surface area contributed by atoms with Gasteiger partial charge in [0.15, 0.2) is 5.96 Å². The molecule has 0 fully saturated rings. The van der Waals surface area contributed by atoms with Gasteiger partial charge in [-0.15, -0.1) is 24.0 Å². The first kappa shape index (κ1) is 22.4. The number of guanidine groups is 1. The summed E-state index contributed by atoms with van der Waals surface area (Å²) in [6, 6.07) is 14.9. The Morgan fingerprint density at radius 3 is 2.54 bits per heavy atom. The topological polar surface area (TPSA) is 45.6 Å². The molecule has 2 aromatic carbocycles. The number of benzene rings is 2. The zero-order chi connectivity index (χ0) is 17.9. The molecule has 0 aliphatic rings. The van der Waals surface area contributed by atoms with Gasteiger partial charge in [-0.2, -0.15) is 0 Å². The maximum absolute atomic E-state index is 13.2. The van der Waals surface area contributed by atoms with Gasteiger partial charge in [0.25, 0.3) is 0 Å². The average molecular weight is 471 g/mol. The van der Waals surface area contributed by atoms with E-state index >= 15 is 0 Å². The fourth-order valence-electron chi connectivity index (χ4n) is 2.50. The minimum Gasteiger partial charge on any atom is -0.377 e. The molecule has 0 aliphatic carbocycles. The van der Waals surface area contributed by atoms with Crippen molar-refractivity contribution in [1.82, 2.24) is 10.6 Å². The Labute approximate surface area is 172 Å². The van der Waals surface area contributed by atoms with Crippen LogP contribution < -0.4 is 10.6 Å². The van der Waals surface area contributed by atoms with E-state index in [9.17, 15) is 4.39 Å². The van der Waals surface area contributed by atoms with Crippen molar-refractivity contribution in [3.63, 3.8) is 0 Å². The Hall–Kier alpha value is -1.67. The van der Waals surface area contributed by atoms with Gasteiger partial charge in [0.1, 0.15) is 5.82 Å². The first-order chi connectivity index (χ1) is 12.2. The summed E-state index contributed by atoms with van der Waals surface area (Å²) in [5.74, 6) is 0.522. The van der Waals surface area contributed by atoms with Crippen LogP contribution >= 0.6 is 24.0 Å². The van der Waals surface area contributed by atoms with E-state index in [2.05, 4.69) is 27.8 Å². The van der Waals surface area contributed by atoms with E-state index in [0.717, 1.165) is 17.9 Å². The molecule has 0 atom stereocenters. The predicted octanol–water partition coefficient (Wildman–Crippen LogP) is 3.89. The van der Waals surface area contributed by atoms with Gasteiger partial charge in [0.05, 0.1) is 6.61 Å². The van der Waals surface area contributed by atoms with Gasteiger partial charge in [-0.3, -0.25) is 4.99 Å². The van der Waals surface area contributed by atoms with Crippen LogP contribution in [0.5, 0.6) is 0 Å². The SMILES string of the molecule is CCOCc1ccccc1CNC(=NC)NCCc1cccc(F)c1.I. The molecule has 0 unspecified atom stereocenters. The smallest absolute Gasteiger partial charge is 0.191 e. The molecule has 0 amide bonds. The highest BCUT2D eigenvalue weighted by Gasteiger charge is 2.04. The van der Waals surface area contributed by atoms with Gasteiger partial charge in [-0.1, -0.05) is 36.4 Å². The fraction of sp³-hybridized carbons (Fsp3) is 0.350. The maximum atomic E-state index is 13.2. The number of nitrogens with zero attached hydrogens (tertiary/aromatic N) is 1. The molecule has 0 saturated carbocycles. The Morgan fingerprint density at radius 1 is 1.08 bits per heavy atom. The third-order valence-corrected chi connectivity index (χ3v) is 3.85. The van der Waals surface area contributed by atoms with E-state index < -0.39 is 0 Å². The highest BCUT2D eigenvalue weighted by atomic mass is 127. The van der Waals surface area contributed by atoms with Crippen LogP contribution in [-0.4, -0.2) is 26.2 Å². The number of hydrogen-bond acceptors (Lipinski definition) is 2. The molecule has 0 radical (unpaired) electrons. The van der Waals surface area contributed by atoms with Crippen molar-refractivity contribution in [3.8, 4) is 0 Å². The number of rotatable bonds is 8. The highest BCUT2D eigenvalue weighted by Crippen LogP contribution is 2.10. The minimum absolute atomic E-state index is 0. The molecule has 0 aromatic heterocycles. The van der Waals surface area contributed by atoms with Gasteiger partial charge in [-0.25, -0.2) is 4.39 Å². The van der Waals surface area contributed by atoms with Crippen molar-refractivity contribution in [1.29, 1.82) is 0 Å². The summed E-state index contributed by atoms with van der Waals surface area (Å²) >= 11 is 0. The molecule has 0 bridgehead atoms. The molecule has 6 heteroatoms. The monoisotopic (exact) mass is 471 g/mol. The van der Waals surface area contributed by atoms with Crippen LogP contribution in [0, 0.1) is 5.82 Å². The Bertz CT molecular complexity index is 694. The van der Waals surface area contributed by atoms with Crippen molar-refractivity contribution in [2.45, 2.75) is 26.5 Å². The van der Waals surface area contributed by atoms with Crippen molar-refractivity contribution < 1.29 is 9.13 Å². The standard InChI is InChI=1S/C20H26FN3O.HI/c1-3-25-15-18-9-5-4-8-17(18)14-24-20(22-2)23-12-11-16-7-6-10-19(21)13-16;/h4-10,13H,3,11-12,14-15H2,1-2H3,(H2,22,23,24);1H. The Morgan fingerprint density at radius 2 is 1.85 bits per heavy atom. The molecule has 0 heterocycles. The van der Waals surface area contributed by atoms with Crippen LogP contribution in [0.25, 0.3) is 0 Å². The summed E-state index contributed by atoms with van der Waals surface area (Å²) in [7, 11) is 1.74. The zero-order valence-electron chi connectivity index (χ0n) is 15.3. The van der Waals surface area contributed by atoms with Gasteiger partial charge in [0.2, 0.25) is 0 Å². The molecule has 0 aliphatic heterocycles. The third kappa shape index (κ3) is 7.70. The average Bonchev–Trinajstić information content (AvgIpc) is 2.63. The predicted molar refractivity (Wildman–Crippen MR) is 115 cm³/mol. The highest BCUT2D eigenvalue weighted by molar-refractivity contribution is 14.0. The summed E-state index contributed by atoms with van der Waals surface area (Å²) in [6.45, 7) is 4.66. The van der Waals surface area contributed by atoms with Crippen LogP contribution in [0.1, 0.15) is 23.6 Å². The lowest BCUT2D eigenvalue weighted by Gasteiger charge is -2.14. The Kier molecular flexibility index (Phi) is 10.9. The molecule has 2 aromatic rings. The molecule has 2 rings (SSSR count). The van der Waals surface area contributed by atoms with Gasteiger partial charge >= 0.3 is 0 Å². The summed E-state index contributed by atoms with van der Waals surface area (Å²) in [5.41, 5.74) is 3.32. The number of aliphatic imine (C=N–C) groups is 1. The van der Waals surface area contributed by atoms with Crippen LogP contribution in [0.15, 0.2) is 53.5 Å². The first-order valence-corrected chi connectivity index (χ1v) is 8.56. The molecule has 0 spiro atoms. The first-order valence-electron chi connectivity index (χ1n) is 8.56. The van der Waals surface area contributed by atoms with Crippen LogP contribution in [0.4, 0.5) is 4.39 Å². The summed E-state index contributed by atoms with van der Waals surface area (Å²) in [4.78, 5) is 4.23. The lowest BCUT2D eigenvalue weighted by atomic mass is 10.1. The van der Waals surface area contributed by atoms with Crippen LogP contribution in [0.2, 0.25) is 0 Å². The van der Waals surface area contributed by atoms with E-state index in [1.54, 1.807) is 19.2 Å². The third-order valence-electron chi connectivity index (χ3n) is 3.85. The van der Waals surface area contributed by atoms with Gasteiger partial charge < -0.3 is 15.4 Å². The quantitative estimate of drug-likeness (QED) is 0.349. The van der Waals surface area contributed by atoms with Crippen molar-refractivity contribution in [2.75, 3.05) is 20.2 Å². The minimum atomic E-state index is -0.203. The fourth-order valence-corrected chi connectivity index (χ4v) is 2.50. The lowest BCUT2D eigenvalue weighted by molar-refractivity contribution is 0.133. The van der Waals surface area contributed by atoms with Crippen molar-refractivity contribution in [3.05, 3.63) is 71.0 Å². The van der Waals surface area contributed by atoms with Crippen LogP contribution in [-0.2, 0) is 24.3 Å². The summed E-state index contributed by atoms with van der Waals surface area (Å²) in [6.07, 6.45) is 0.736. The second-order valence-corrected chi connectivity index (χ2v) is 5.64. The second-order valence-electron chi connectivity index (χ2n) is 5.64. The zero-order valence-corrected chi connectivity index (χ0v) is 17.6. The number of nitrogens with one attached hydrogen (secondary N) is 2. The van der Waals surface area contributed by atoms with Gasteiger partial charge in [-0.05, 0) is 42.2 Å². The molecular formula is C20H27FIN3O.